The van der Waals surface area contributed by atoms with Gasteiger partial charge in [0.1, 0.15) is 0 Å². The van der Waals surface area contributed by atoms with Gasteiger partial charge in [0.15, 0.2) is 24.4 Å². The maximum Gasteiger partial charge on any atom is 0.336 e. The smallest absolute Gasteiger partial charge is 0.336 e. The van der Waals surface area contributed by atoms with E-state index in [-0.39, 0.29) is 42.3 Å². The molecule has 4 aromatic heterocycles. The average Bonchev–Trinajstić information content (AvgIpc) is 0.825. The molecule has 8 atom stereocenters. The lowest BCUT2D eigenvalue weighted by Gasteiger charge is -2.37. The molecule has 5 aliphatic rings. The van der Waals surface area contributed by atoms with Crippen molar-refractivity contribution in [2.45, 2.75) is 95.4 Å². The number of likely N-dealkylation sites (tertiary alicyclic amines) is 1. The van der Waals surface area contributed by atoms with Crippen LogP contribution < -0.4 is 25.8 Å². The molecule has 502 valence electrons. The second-order valence-electron chi connectivity index (χ2n) is 23.3. The van der Waals surface area contributed by atoms with E-state index in [4.69, 9.17) is 34.2 Å². The molecule has 8 aromatic rings. The zero-order valence-electron chi connectivity index (χ0n) is 54.1. The number of aliphatic carboxylic acids is 1. The lowest BCUT2D eigenvalue weighted by molar-refractivity contribution is -0.160. The van der Waals surface area contributed by atoms with Crippen LogP contribution in [0.3, 0.4) is 0 Å². The number of methoxy groups -OCH3 is 3. The molecule has 0 saturated carbocycles. The van der Waals surface area contributed by atoms with Crippen molar-refractivity contribution in [1.82, 2.24) is 30.2 Å². The number of halogens is 3. The number of esters is 3. The van der Waals surface area contributed by atoms with Gasteiger partial charge in [-0.3, -0.25) is 19.9 Å². The number of hydrogen-bond donors (Lipinski definition) is 3. The fraction of sp³-hybridized carbons (Fsp3) is 0.420. The normalized spacial score (nSPS) is 22.2. The summed E-state index contributed by atoms with van der Waals surface area (Å²) in [5.41, 5.74) is 12.7. The Morgan fingerprint density at radius 1 is 0.511 bits per heavy atom. The van der Waals surface area contributed by atoms with E-state index in [2.05, 4.69) is 142 Å². The number of nitrogens with two attached hydrogens (primary N) is 1. The Bertz CT molecular complexity index is 3800. The third-order valence-corrected chi connectivity index (χ3v) is 18.4. The highest BCUT2D eigenvalue weighted by Gasteiger charge is 2.35. The number of fused-ring (bicyclic) bond motifs is 4. The average molecular weight is 1580 g/mol. The van der Waals surface area contributed by atoms with Gasteiger partial charge in [0.05, 0.1) is 87.4 Å². The zero-order valence-corrected chi connectivity index (χ0v) is 60.0. The Kier molecular flexibility index (Phi) is 28.1. The first-order valence-electron chi connectivity index (χ1n) is 31.1. The van der Waals surface area contributed by atoms with E-state index in [1.165, 1.54) is 47.3 Å². The van der Waals surface area contributed by atoms with Crippen LogP contribution in [0.5, 0.6) is 0 Å². The Balaban J connectivity index is 0.000000150. The van der Waals surface area contributed by atoms with Crippen molar-refractivity contribution in [1.29, 1.82) is 0 Å². The van der Waals surface area contributed by atoms with Crippen LogP contribution in [0.25, 0.3) is 43.6 Å². The molecule has 25 heteroatoms. The van der Waals surface area contributed by atoms with Gasteiger partial charge in [-0.1, -0.05) is 34.1 Å². The molecule has 5 aliphatic heterocycles. The van der Waals surface area contributed by atoms with Gasteiger partial charge < -0.3 is 68.9 Å². The van der Waals surface area contributed by atoms with E-state index in [0.717, 1.165) is 91.9 Å². The van der Waals surface area contributed by atoms with Crippen molar-refractivity contribution >= 4 is 146 Å². The Morgan fingerprint density at radius 3 is 1.37 bits per heavy atom. The summed E-state index contributed by atoms with van der Waals surface area (Å²) in [5, 5.41) is 16.7. The second kappa shape index (κ2) is 36.0. The molecule has 5 saturated heterocycles. The summed E-state index contributed by atoms with van der Waals surface area (Å²) in [5.74, 6) is -1.88. The van der Waals surface area contributed by atoms with Crippen molar-refractivity contribution in [2.75, 3.05) is 109 Å². The molecule has 0 unspecified atom stereocenters. The SMILES string of the molecule is Brc1cccc2ncccc12.CN1CCC(N)CC1.COC(=O)[C@H]1CN(c2ccc(I)c3ncccc23)C[C@@H](C)O1.COC(=O)[C@H]1CN(c2cccc3ncccc23)C[C@@H](C)O1.COC(=O)[C@H]1CNC[C@@H](C)O1.C[C@@H]1CN(c2ccc(I)c3ncccc23)C[C@H](C(=O)O)O1. The molecule has 4 N–H and O–H groups in total. The second-order valence-corrected chi connectivity index (χ2v) is 26.4. The topological polar surface area (TPSA) is 256 Å². The fourth-order valence-electron chi connectivity index (χ4n) is 11.4. The number of morpholine rings is 4. The van der Waals surface area contributed by atoms with Crippen molar-refractivity contribution in [3.8, 4) is 0 Å². The van der Waals surface area contributed by atoms with E-state index in [1.54, 1.807) is 24.8 Å². The molecule has 0 radical (unpaired) electrons. The van der Waals surface area contributed by atoms with Gasteiger partial charge in [-0.25, -0.2) is 19.2 Å². The van der Waals surface area contributed by atoms with Gasteiger partial charge in [-0.2, -0.15) is 0 Å². The minimum absolute atomic E-state index is 0.0326. The predicted octanol–water partition coefficient (Wildman–Crippen LogP) is 9.70. The van der Waals surface area contributed by atoms with Gasteiger partial charge in [0.2, 0.25) is 0 Å². The van der Waals surface area contributed by atoms with Crippen LogP contribution in [0.1, 0.15) is 40.5 Å². The Labute approximate surface area is 584 Å². The first-order chi connectivity index (χ1) is 45.2. The lowest BCUT2D eigenvalue weighted by atomic mass is 10.1. The van der Waals surface area contributed by atoms with Gasteiger partial charge >= 0.3 is 23.9 Å². The summed E-state index contributed by atoms with van der Waals surface area (Å²) >= 11 is 8.01. The molecule has 5 fully saturated rings. The molecule has 0 aliphatic carbocycles. The quantitative estimate of drug-likeness (QED) is 0.0762. The van der Waals surface area contributed by atoms with Gasteiger partial charge in [-0.05, 0) is 197 Å². The van der Waals surface area contributed by atoms with E-state index in [9.17, 15) is 24.3 Å². The number of nitrogens with zero attached hydrogens (tertiary/aromatic N) is 8. The molecule has 22 nitrogen and oxygen atoms in total. The molecule has 4 aromatic carbocycles. The number of rotatable bonds is 7. The van der Waals surface area contributed by atoms with Crippen molar-refractivity contribution in [2.24, 2.45) is 5.73 Å². The molecule has 13 rings (SSSR count). The number of ether oxygens (including phenoxy) is 7. The summed E-state index contributed by atoms with van der Waals surface area (Å²) in [6, 6.07) is 36.6. The van der Waals surface area contributed by atoms with E-state index < -0.39 is 30.4 Å². The highest BCUT2D eigenvalue weighted by molar-refractivity contribution is 14.1. The number of carboxylic acids is 1. The van der Waals surface area contributed by atoms with Crippen molar-refractivity contribution < 1.29 is 57.4 Å². The Hall–Kier alpha value is -6.54. The van der Waals surface area contributed by atoms with Crippen LogP contribution >= 0.6 is 61.1 Å². The summed E-state index contributed by atoms with van der Waals surface area (Å²) < 4.78 is 39.6. The van der Waals surface area contributed by atoms with Crippen LogP contribution in [-0.2, 0) is 52.3 Å². The summed E-state index contributed by atoms with van der Waals surface area (Å²) in [6.45, 7) is 14.9. The third-order valence-electron chi connectivity index (χ3n) is 16.0. The predicted molar refractivity (Wildman–Crippen MR) is 385 cm³/mol. The van der Waals surface area contributed by atoms with Crippen molar-refractivity contribution in [3.63, 3.8) is 0 Å². The highest BCUT2D eigenvalue weighted by Crippen LogP contribution is 2.34. The number of piperidine rings is 1. The molecule has 0 amide bonds. The summed E-state index contributed by atoms with van der Waals surface area (Å²) in [4.78, 5) is 72.0. The molecule has 0 spiro atoms. The molecule has 94 heavy (non-hydrogen) atoms. The number of carboxylic acid groups (broad SMARTS) is 1. The van der Waals surface area contributed by atoms with E-state index in [0.29, 0.717) is 38.8 Å². The molecular formula is C69H83BrI2N10O12. The minimum atomic E-state index is -0.917. The Morgan fingerprint density at radius 2 is 0.915 bits per heavy atom. The monoisotopic (exact) mass is 1580 g/mol. The third kappa shape index (κ3) is 20.3. The van der Waals surface area contributed by atoms with Crippen LogP contribution in [0.2, 0.25) is 0 Å². The van der Waals surface area contributed by atoms with E-state index >= 15 is 0 Å². The lowest BCUT2D eigenvalue weighted by Crippen LogP contribution is -2.50. The zero-order chi connectivity index (χ0) is 67.4. The first kappa shape index (κ1) is 73.3. The van der Waals surface area contributed by atoms with Crippen LogP contribution in [0.4, 0.5) is 17.1 Å². The van der Waals surface area contributed by atoms with Gasteiger partial charge in [-0.15, -0.1) is 0 Å². The number of nitrogens with one attached hydrogen (secondary N) is 1. The van der Waals surface area contributed by atoms with E-state index in [1.807, 2.05) is 113 Å². The number of anilines is 3. The van der Waals surface area contributed by atoms with Crippen LogP contribution in [-0.4, -0.2) is 203 Å². The highest BCUT2D eigenvalue weighted by atomic mass is 127. The standard InChI is InChI=1S/C16H17IN2O3.C16H18N2O3.C15H15IN2O3.C9H6BrN.C7H13NO3.C6H14N2/c1-10-8-19(9-14(22-10)16(20)21-2)13-6-5-12(17)15-11(13)4-3-7-18-15;1-11-9-18(10-15(21-11)16(19)20-2)14-7-3-6-13-12(14)5-4-8-17-13;1-9-7-18(8-13(21-9)15(19)20)12-5-4-11(16)14-10(12)3-2-6-17-14;10-8-4-1-5-9-7(8)3-2-6-11-9;1-5-3-8-4-6(11-5)7(9)10-2;1-8-4-2-6(7)3-5-8/h3-7,10,14H,8-9H2,1-2H3;3-8,11,15H,9-10H2,1-2H3;2-6,9,13H,7-8H2,1H3,(H,19,20);1-6H;5-6,8H,3-4H2,1-2H3;6H,2-5,7H2,1H3/t10-,14-;11-,15-;9-,13-;;5-,6-;/m111.1./s1. The number of carbonyl (C=O) groups is 4. The van der Waals surface area contributed by atoms with Gasteiger partial charge in [0, 0.05) is 114 Å². The van der Waals surface area contributed by atoms with Crippen LogP contribution in [0.15, 0.2) is 138 Å². The maximum absolute atomic E-state index is 11.8. The largest absolute Gasteiger partial charge is 0.479 e. The molecule has 9 heterocycles. The number of hydrogen-bond acceptors (Lipinski definition) is 21. The molecular weight excluding hydrogens is 1490 g/mol. The minimum Gasteiger partial charge on any atom is -0.479 e. The summed E-state index contributed by atoms with van der Waals surface area (Å²) in [7, 11) is 6.29. The number of pyridine rings is 4. The molecule has 0 bridgehead atoms. The number of aromatic nitrogens is 4. The summed E-state index contributed by atoms with van der Waals surface area (Å²) in [6.07, 6.45) is 7.09. The van der Waals surface area contributed by atoms with Crippen molar-refractivity contribution in [3.05, 3.63) is 146 Å². The van der Waals surface area contributed by atoms with Gasteiger partial charge in [0.25, 0.3) is 0 Å². The first-order valence-corrected chi connectivity index (χ1v) is 34.1. The number of benzene rings is 4. The number of carbonyl (C=O) groups excluding carboxylic acids is 3. The fourth-order valence-corrected chi connectivity index (χ4v) is 13.1. The maximum atomic E-state index is 11.8. The van der Waals surface area contributed by atoms with Crippen LogP contribution in [0, 0.1) is 7.14 Å².